The molecule has 5 heteroatoms. The molecule has 0 spiro atoms. The quantitative estimate of drug-likeness (QED) is 0.782. The van der Waals surface area contributed by atoms with Crippen LogP contribution in [0.5, 0.6) is 0 Å². The molecular weight excluding hydrogens is 356 g/mol. The number of likely N-dealkylation sites (tertiary alicyclic amines) is 1. The number of aromatic nitrogens is 1. The number of hydrogen-bond donors (Lipinski definition) is 0. The van der Waals surface area contributed by atoms with Crippen LogP contribution in [0.4, 0.5) is 5.82 Å². The highest BCUT2D eigenvalue weighted by molar-refractivity contribution is 6.31. The number of hydrogen-bond acceptors (Lipinski definition) is 4. The van der Waals surface area contributed by atoms with E-state index in [1.807, 2.05) is 24.4 Å². The summed E-state index contributed by atoms with van der Waals surface area (Å²) in [5, 5.41) is 0.894. The van der Waals surface area contributed by atoms with E-state index in [2.05, 4.69) is 43.9 Å². The van der Waals surface area contributed by atoms with Gasteiger partial charge in [0.25, 0.3) is 0 Å². The normalized spacial score (nSPS) is 22.1. The van der Waals surface area contributed by atoms with E-state index in [1.165, 1.54) is 38.0 Å². The van der Waals surface area contributed by atoms with Crippen molar-refractivity contribution in [3.63, 3.8) is 0 Å². The smallest absolute Gasteiger partial charge is 0.128 e. The molecule has 144 valence electrons. The number of pyridine rings is 1. The maximum absolute atomic E-state index is 6.36. The van der Waals surface area contributed by atoms with Gasteiger partial charge in [0.2, 0.25) is 0 Å². The number of piperazine rings is 1. The minimum atomic E-state index is 0.766. The molecule has 2 aromatic rings. The predicted octanol–water partition coefficient (Wildman–Crippen LogP) is 3.77. The van der Waals surface area contributed by atoms with Crippen molar-refractivity contribution in [2.24, 2.45) is 5.92 Å². The predicted molar refractivity (Wildman–Crippen MR) is 112 cm³/mol. The largest absolute Gasteiger partial charge is 0.354 e. The zero-order valence-electron chi connectivity index (χ0n) is 15.9. The summed E-state index contributed by atoms with van der Waals surface area (Å²) in [6.07, 6.45) is 4.53. The second-order valence-corrected chi connectivity index (χ2v) is 8.22. The minimum Gasteiger partial charge on any atom is -0.354 e. The summed E-state index contributed by atoms with van der Waals surface area (Å²) in [7, 11) is 0. The molecule has 3 heterocycles. The van der Waals surface area contributed by atoms with Gasteiger partial charge in [-0.05, 0) is 49.1 Å². The van der Waals surface area contributed by atoms with Gasteiger partial charge in [0.1, 0.15) is 5.82 Å². The molecule has 4 nitrogen and oxygen atoms in total. The fraction of sp³-hybridized carbons (Fsp3) is 0.500. The lowest BCUT2D eigenvalue weighted by Gasteiger charge is -2.39. The lowest BCUT2D eigenvalue weighted by atomic mass is 9.96. The number of rotatable bonds is 5. The van der Waals surface area contributed by atoms with Crippen LogP contribution in [0.1, 0.15) is 18.4 Å². The Bertz CT molecular complexity index is 715. The molecule has 1 aromatic carbocycles. The van der Waals surface area contributed by atoms with Crippen LogP contribution in [-0.4, -0.2) is 60.6 Å². The molecule has 2 fully saturated rings. The van der Waals surface area contributed by atoms with Gasteiger partial charge in [0.05, 0.1) is 0 Å². The first kappa shape index (κ1) is 18.7. The summed E-state index contributed by atoms with van der Waals surface area (Å²) in [5.41, 5.74) is 1.25. The molecule has 4 rings (SSSR count). The van der Waals surface area contributed by atoms with Crippen molar-refractivity contribution < 1.29 is 0 Å². The molecule has 1 unspecified atom stereocenters. The molecule has 2 aliphatic rings. The lowest BCUT2D eigenvalue weighted by Crippen LogP contribution is -2.49. The van der Waals surface area contributed by atoms with Crippen molar-refractivity contribution >= 4 is 17.4 Å². The SMILES string of the molecule is Clc1ccccc1CN1CCCC(CN2CCN(c3ccccn3)CC2)C1. The summed E-state index contributed by atoms with van der Waals surface area (Å²) < 4.78 is 0. The molecule has 0 radical (unpaired) electrons. The van der Waals surface area contributed by atoms with Crippen molar-refractivity contribution in [3.05, 3.63) is 59.2 Å². The average Bonchev–Trinajstić information content (AvgIpc) is 2.71. The van der Waals surface area contributed by atoms with Gasteiger partial charge in [-0.3, -0.25) is 9.80 Å². The maximum Gasteiger partial charge on any atom is 0.128 e. The molecule has 1 aromatic heterocycles. The van der Waals surface area contributed by atoms with E-state index in [0.29, 0.717) is 0 Å². The third-order valence-electron chi connectivity index (χ3n) is 5.82. The Morgan fingerprint density at radius 1 is 0.926 bits per heavy atom. The lowest BCUT2D eigenvalue weighted by molar-refractivity contribution is 0.125. The van der Waals surface area contributed by atoms with Crippen LogP contribution < -0.4 is 4.90 Å². The van der Waals surface area contributed by atoms with E-state index < -0.39 is 0 Å². The first-order chi connectivity index (χ1) is 13.3. The van der Waals surface area contributed by atoms with Crippen LogP contribution in [-0.2, 0) is 6.54 Å². The molecule has 2 saturated heterocycles. The number of anilines is 1. The van der Waals surface area contributed by atoms with Gasteiger partial charge in [0, 0.05) is 57.0 Å². The zero-order chi connectivity index (χ0) is 18.5. The first-order valence-corrected chi connectivity index (χ1v) is 10.5. The number of benzene rings is 1. The third kappa shape index (κ3) is 5.01. The summed E-state index contributed by atoms with van der Waals surface area (Å²) in [6.45, 7) is 8.99. The molecule has 0 amide bonds. The molecule has 1 atom stereocenters. The second-order valence-electron chi connectivity index (χ2n) is 7.81. The van der Waals surface area contributed by atoms with Crippen LogP contribution >= 0.6 is 11.6 Å². The van der Waals surface area contributed by atoms with Crippen LogP contribution in [0, 0.1) is 5.92 Å². The highest BCUT2D eigenvalue weighted by Crippen LogP contribution is 2.23. The molecule has 27 heavy (non-hydrogen) atoms. The molecular formula is C22H29ClN4. The molecule has 0 saturated carbocycles. The molecule has 2 aliphatic heterocycles. The van der Waals surface area contributed by atoms with Crippen LogP contribution in [0.25, 0.3) is 0 Å². The number of halogens is 1. The Balaban J connectivity index is 1.26. The average molecular weight is 385 g/mol. The number of nitrogens with zero attached hydrogens (tertiary/aromatic N) is 4. The summed E-state index contributed by atoms with van der Waals surface area (Å²) in [5.74, 6) is 1.88. The van der Waals surface area contributed by atoms with E-state index >= 15 is 0 Å². The van der Waals surface area contributed by atoms with E-state index in [9.17, 15) is 0 Å². The Morgan fingerprint density at radius 3 is 2.52 bits per heavy atom. The fourth-order valence-corrected chi connectivity index (χ4v) is 4.57. The topological polar surface area (TPSA) is 22.6 Å². The Morgan fingerprint density at radius 2 is 1.74 bits per heavy atom. The van der Waals surface area contributed by atoms with Crippen molar-refractivity contribution in [3.8, 4) is 0 Å². The van der Waals surface area contributed by atoms with Gasteiger partial charge in [-0.15, -0.1) is 0 Å². The first-order valence-electron chi connectivity index (χ1n) is 10.1. The van der Waals surface area contributed by atoms with Gasteiger partial charge in [-0.2, -0.15) is 0 Å². The van der Waals surface area contributed by atoms with Gasteiger partial charge < -0.3 is 4.90 Å². The van der Waals surface area contributed by atoms with Gasteiger partial charge in [-0.1, -0.05) is 35.9 Å². The highest BCUT2D eigenvalue weighted by atomic mass is 35.5. The van der Waals surface area contributed by atoms with Gasteiger partial charge in [0.15, 0.2) is 0 Å². The molecule has 0 aliphatic carbocycles. The fourth-order valence-electron chi connectivity index (χ4n) is 4.38. The van der Waals surface area contributed by atoms with Gasteiger partial charge >= 0.3 is 0 Å². The van der Waals surface area contributed by atoms with E-state index in [1.54, 1.807) is 0 Å². The number of piperidine rings is 1. The summed E-state index contributed by atoms with van der Waals surface area (Å²) >= 11 is 6.36. The van der Waals surface area contributed by atoms with E-state index in [-0.39, 0.29) is 0 Å². The molecule has 0 N–H and O–H groups in total. The Kier molecular flexibility index (Phi) is 6.28. The monoisotopic (exact) mass is 384 g/mol. The highest BCUT2D eigenvalue weighted by Gasteiger charge is 2.25. The zero-order valence-corrected chi connectivity index (χ0v) is 16.7. The maximum atomic E-state index is 6.36. The Labute approximate surface area is 167 Å². The van der Waals surface area contributed by atoms with Crippen molar-refractivity contribution in [2.75, 3.05) is 50.7 Å². The second kappa shape index (κ2) is 9.05. The van der Waals surface area contributed by atoms with E-state index in [0.717, 1.165) is 49.5 Å². The molecule has 0 bridgehead atoms. The van der Waals surface area contributed by atoms with Crippen LogP contribution in [0.15, 0.2) is 48.7 Å². The standard InChI is InChI=1S/C22H29ClN4/c23-21-8-2-1-7-20(21)18-26-11-5-6-19(17-26)16-25-12-14-27(15-13-25)22-9-3-4-10-24-22/h1-4,7-10,19H,5-6,11-18H2. The van der Waals surface area contributed by atoms with Gasteiger partial charge in [-0.25, -0.2) is 4.98 Å². The summed E-state index contributed by atoms with van der Waals surface area (Å²) in [6, 6.07) is 14.4. The Hall–Kier alpha value is -1.62. The van der Waals surface area contributed by atoms with Crippen molar-refractivity contribution in [1.82, 2.24) is 14.8 Å². The van der Waals surface area contributed by atoms with Crippen LogP contribution in [0.2, 0.25) is 5.02 Å². The summed E-state index contributed by atoms with van der Waals surface area (Å²) in [4.78, 5) is 12.1. The van der Waals surface area contributed by atoms with Crippen LogP contribution in [0.3, 0.4) is 0 Å². The third-order valence-corrected chi connectivity index (χ3v) is 6.19. The minimum absolute atomic E-state index is 0.766. The van der Waals surface area contributed by atoms with Crippen molar-refractivity contribution in [1.29, 1.82) is 0 Å². The van der Waals surface area contributed by atoms with E-state index in [4.69, 9.17) is 11.6 Å². The van der Waals surface area contributed by atoms with Crippen molar-refractivity contribution in [2.45, 2.75) is 19.4 Å².